The van der Waals surface area contributed by atoms with Gasteiger partial charge in [-0.2, -0.15) is 5.10 Å². The van der Waals surface area contributed by atoms with Gasteiger partial charge >= 0.3 is 0 Å². The number of hydrogen-bond acceptors (Lipinski definition) is 3. The van der Waals surface area contributed by atoms with Crippen molar-refractivity contribution in [2.24, 2.45) is 12.9 Å². The Morgan fingerprint density at radius 3 is 2.75 bits per heavy atom. The molecule has 0 aliphatic carbocycles. The molecule has 0 fully saturated rings. The minimum absolute atomic E-state index is 0.0788. The molecule has 4 nitrogen and oxygen atoms in total. The summed E-state index contributed by atoms with van der Waals surface area (Å²) < 4.78 is 28.3. The van der Waals surface area contributed by atoms with Crippen LogP contribution in [0.15, 0.2) is 30.5 Å². The number of hydrogen-bond donors (Lipinski definition) is 2. The van der Waals surface area contributed by atoms with E-state index < -0.39 is 11.6 Å². The van der Waals surface area contributed by atoms with E-state index in [1.54, 1.807) is 10.9 Å². The Hall–Kier alpha value is -1.79. The van der Waals surface area contributed by atoms with E-state index in [9.17, 15) is 8.78 Å². The van der Waals surface area contributed by atoms with Crippen molar-refractivity contribution in [3.63, 3.8) is 0 Å². The summed E-state index contributed by atoms with van der Waals surface area (Å²) in [6.45, 7) is 0. The fraction of sp³-hybridized carbons (Fsp3) is 0.357. The molecule has 0 bridgehead atoms. The summed E-state index contributed by atoms with van der Waals surface area (Å²) in [5.74, 6) is 4.40. The molecular formula is C14H18F2N4. The van der Waals surface area contributed by atoms with Crippen LogP contribution in [0.25, 0.3) is 0 Å². The van der Waals surface area contributed by atoms with Gasteiger partial charge in [0.15, 0.2) is 0 Å². The number of nitrogens with zero attached hydrogens (tertiary/aromatic N) is 2. The van der Waals surface area contributed by atoms with Gasteiger partial charge in [0.1, 0.15) is 11.6 Å². The van der Waals surface area contributed by atoms with Crippen molar-refractivity contribution in [1.29, 1.82) is 0 Å². The fourth-order valence-corrected chi connectivity index (χ4v) is 2.17. The maximum Gasteiger partial charge on any atom is 0.129 e. The second-order valence-corrected chi connectivity index (χ2v) is 4.79. The molecule has 2 aromatic rings. The molecule has 0 amide bonds. The second-order valence-electron chi connectivity index (χ2n) is 4.79. The largest absolute Gasteiger partial charge is 0.273 e. The molecule has 0 radical (unpaired) electrons. The average molecular weight is 280 g/mol. The first kappa shape index (κ1) is 14.6. The third kappa shape index (κ3) is 3.61. The Labute approximate surface area is 116 Å². The molecule has 1 unspecified atom stereocenters. The number of benzene rings is 1. The lowest BCUT2D eigenvalue weighted by Gasteiger charge is -2.16. The molecule has 0 saturated carbocycles. The van der Waals surface area contributed by atoms with Crippen LogP contribution in [-0.2, 0) is 19.9 Å². The zero-order valence-electron chi connectivity index (χ0n) is 11.3. The van der Waals surface area contributed by atoms with Gasteiger partial charge in [-0.25, -0.2) is 8.78 Å². The number of nitrogens with one attached hydrogen (secondary N) is 1. The Morgan fingerprint density at radius 1 is 1.35 bits per heavy atom. The van der Waals surface area contributed by atoms with E-state index >= 15 is 0 Å². The van der Waals surface area contributed by atoms with E-state index in [1.165, 1.54) is 12.1 Å². The molecule has 3 N–H and O–H groups in total. The van der Waals surface area contributed by atoms with Crippen molar-refractivity contribution in [2.45, 2.75) is 25.3 Å². The van der Waals surface area contributed by atoms with Crippen LogP contribution in [0, 0.1) is 11.6 Å². The summed E-state index contributed by atoms with van der Waals surface area (Å²) in [5, 5.41) is 4.09. The molecule has 0 aliphatic heterocycles. The molecule has 1 heterocycles. The third-order valence-electron chi connectivity index (χ3n) is 3.39. The molecule has 2 rings (SSSR count). The van der Waals surface area contributed by atoms with Crippen LogP contribution in [-0.4, -0.2) is 15.8 Å². The molecule has 1 atom stereocenters. The zero-order chi connectivity index (χ0) is 14.5. The summed E-state index contributed by atoms with van der Waals surface area (Å²) >= 11 is 0. The third-order valence-corrected chi connectivity index (χ3v) is 3.39. The fourth-order valence-electron chi connectivity index (χ4n) is 2.17. The first-order chi connectivity index (χ1) is 9.60. The second kappa shape index (κ2) is 6.58. The Kier molecular flexibility index (Phi) is 4.81. The number of halogens is 2. The summed E-state index contributed by atoms with van der Waals surface area (Å²) in [6, 6.07) is 5.47. The molecule has 0 saturated heterocycles. The van der Waals surface area contributed by atoms with Crippen LogP contribution in [0.1, 0.15) is 17.7 Å². The standard InChI is InChI=1S/C14H18F2N4/c1-20-13(6-7-18-20)5-4-12(19-17)8-10-2-3-11(15)9-14(10)16/h2-3,6-7,9,12,19H,4-5,8,17H2,1H3. The predicted octanol–water partition coefficient (Wildman–Crippen LogP) is 1.71. The summed E-state index contributed by atoms with van der Waals surface area (Å²) in [5.41, 5.74) is 4.23. The van der Waals surface area contributed by atoms with E-state index in [-0.39, 0.29) is 6.04 Å². The van der Waals surface area contributed by atoms with Crippen molar-refractivity contribution in [2.75, 3.05) is 0 Å². The van der Waals surface area contributed by atoms with Gasteiger partial charge in [-0.1, -0.05) is 6.07 Å². The maximum absolute atomic E-state index is 13.6. The summed E-state index contributed by atoms with van der Waals surface area (Å²) in [4.78, 5) is 0. The van der Waals surface area contributed by atoms with Crippen molar-refractivity contribution in [1.82, 2.24) is 15.2 Å². The Balaban J connectivity index is 1.97. The number of aromatic nitrogens is 2. The van der Waals surface area contributed by atoms with E-state index in [1.807, 2.05) is 13.1 Å². The highest BCUT2D eigenvalue weighted by Gasteiger charge is 2.12. The Morgan fingerprint density at radius 2 is 2.15 bits per heavy atom. The van der Waals surface area contributed by atoms with Gasteiger partial charge in [0.25, 0.3) is 0 Å². The minimum Gasteiger partial charge on any atom is -0.273 e. The van der Waals surface area contributed by atoms with E-state index in [0.29, 0.717) is 12.0 Å². The van der Waals surface area contributed by atoms with E-state index in [0.717, 1.165) is 24.6 Å². The van der Waals surface area contributed by atoms with Gasteiger partial charge in [-0.05, 0) is 37.0 Å². The highest BCUT2D eigenvalue weighted by atomic mass is 19.1. The molecule has 20 heavy (non-hydrogen) atoms. The molecule has 108 valence electrons. The average Bonchev–Trinajstić information content (AvgIpc) is 2.82. The molecule has 1 aromatic carbocycles. The molecular weight excluding hydrogens is 262 g/mol. The molecule has 0 spiro atoms. The smallest absolute Gasteiger partial charge is 0.129 e. The van der Waals surface area contributed by atoms with Gasteiger partial charge in [0, 0.05) is 31.0 Å². The van der Waals surface area contributed by atoms with Crippen LogP contribution in [0.4, 0.5) is 8.78 Å². The highest BCUT2D eigenvalue weighted by molar-refractivity contribution is 5.19. The first-order valence-corrected chi connectivity index (χ1v) is 6.47. The summed E-state index contributed by atoms with van der Waals surface area (Å²) in [6.07, 6.45) is 3.68. The van der Waals surface area contributed by atoms with Gasteiger partial charge in [-0.15, -0.1) is 0 Å². The topological polar surface area (TPSA) is 55.9 Å². The highest BCUT2D eigenvalue weighted by Crippen LogP contribution is 2.14. The van der Waals surface area contributed by atoms with Crippen molar-refractivity contribution in [3.8, 4) is 0 Å². The lowest BCUT2D eigenvalue weighted by Crippen LogP contribution is -2.37. The lowest BCUT2D eigenvalue weighted by atomic mass is 10.0. The quantitative estimate of drug-likeness (QED) is 0.625. The number of hydrazine groups is 1. The molecule has 1 aromatic heterocycles. The maximum atomic E-state index is 13.6. The van der Waals surface area contributed by atoms with Gasteiger partial charge < -0.3 is 0 Å². The lowest BCUT2D eigenvalue weighted by molar-refractivity contribution is 0.472. The zero-order valence-corrected chi connectivity index (χ0v) is 11.3. The van der Waals surface area contributed by atoms with Crippen LogP contribution >= 0.6 is 0 Å². The number of rotatable bonds is 6. The molecule has 0 aliphatic rings. The summed E-state index contributed by atoms with van der Waals surface area (Å²) in [7, 11) is 1.87. The number of aryl methyl sites for hydroxylation is 2. The van der Waals surface area contributed by atoms with Gasteiger partial charge in [0.2, 0.25) is 0 Å². The van der Waals surface area contributed by atoms with E-state index in [4.69, 9.17) is 5.84 Å². The van der Waals surface area contributed by atoms with Crippen molar-refractivity contribution in [3.05, 3.63) is 53.4 Å². The normalized spacial score (nSPS) is 12.6. The van der Waals surface area contributed by atoms with Crippen LogP contribution in [0.2, 0.25) is 0 Å². The predicted molar refractivity (Wildman–Crippen MR) is 72.7 cm³/mol. The minimum atomic E-state index is -0.571. The van der Waals surface area contributed by atoms with Gasteiger partial charge in [0.05, 0.1) is 0 Å². The first-order valence-electron chi connectivity index (χ1n) is 6.47. The van der Waals surface area contributed by atoms with Crippen LogP contribution < -0.4 is 11.3 Å². The van der Waals surface area contributed by atoms with Crippen LogP contribution in [0.3, 0.4) is 0 Å². The SMILES string of the molecule is Cn1nccc1CCC(Cc1ccc(F)cc1F)NN. The van der Waals surface area contributed by atoms with Crippen molar-refractivity contribution < 1.29 is 8.78 Å². The van der Waals surface area contributed by atoms with Crippen molar-refractivity contribution >= 4 is 0 Å². The monoisotopic (exact) mass is 280 g/mol. The van der Waals surface area contributed by atoms with Gasteiger partial charge in [-0.3, -0.25) is 16.0 Å². The van der Waals surface area contributed by atoms with E-state index in [2.05, 4.69) is 10.5 Å². The number of nitrogens with two attached hydrogens (primary N) is 1. The van der Waals surface area contributed by atoms with Crippen LogP contribution in [0.5, 0.6) is 0 Å². The Bertz CT molecular complexity index is 568. The molecule has 6 heteroatoms.